The Morgan fingerprint density at radius 1 is 0.920 bits per heavy atom. The topological polar surface area (TPSA) is 42.9 Å². The van der Waals surface area contributed by atoms with Gasteiger partial charge >= 0.3 is 0 Å². The van der Waals surface area contributed by atoms with Crippen LogP contribution in [-0.4, -0.2) is 74.2 Å². The summed E-state index contributed by atoms with van der Waals surface area (Å²) in [5.74, 6) is 0.946. The summed E-state index contributed by atoms with van der Waals surface area (Å²) in [6.07, 6.45) is 9.35. The lowest BCUT2D eigenvalue weighted by Crippen LogP contribution is -2.54. The van der Waals surface area contributed by atoms with Crippen LogP contribution in [-0.2, 0) is 0 Å². The zero-order valence-electron chi connectivity index (χ0n) is 16.6. The molecule has 0 spiro atoms. The van der Waals surface area contributed by atoms with Gasteiger partial charge in [-0.2, -0.15) is 0 Å². The van der Waals surface area contributed by atoms with E-state index in [9.17, 15) is 0 Å². The first-order chi connectivity index (χ1) is 11.6. The number of nitrogens with zero attached hydrogens (tertiary/aromatic N) is 3. The van der Waals surface area contributed by atoms with Crippen LogP contribution >= 0.6 is 24.0 Å². The van der Waals surface area contributed by atoms with Gasteiger partial charge in [0.2, 0.25) is 0 Å². The SMILES string of the molecule is CN=C(NCCCCN1CCCC1)NCC(C)(C)N1CCCCC1.I. The molecule has 0 saturated carbocycles. The van der Waals surface area contributed by atoms with Crippen LogP contribution in [0.4, 0.5) is 0 Å². The molecule has 0 aromatic rings. The van der Waals surface area contributed by atoms with Crippen LogP contribution in [0.15, 0.2) is 4.99 Å². The number of rotatable bonds is 8. The van der Waals surface area contributed by atoms with Crippen LogP contribution in [0.5, 0.6) is 0 Å². The highest BCUT2D eigenvalue weighted by molar-refractivity contribution is 14.0. The standard InChI is InChI=1S/C19H39N5.HI/c1-19(2,24-15-6-4-7-16-24)17-22-18(20-3)21-11-5-8-12-23-13-9-10-14-23;/h4-17H2,1-3H3,(H2,20,21,22);1H. The normalized spacial score (nSPS) is 20.4. The molecule has 6 heteroatoms. The average Bonchev–Trinajstić information content (AvgIpc) is 3.11. The van der Waals surface area contributed by atoms with Gasteiger partial charge in [0.15, 0.2) is 5.96 Å². The van der Waals surface area contributed by atoms with Crippen molar-refractivity contribution in [2.75, 3.05) is 52.9 Å². The lowest BCUT2D eigenvalue weighted by Gasteiger charge is -2.41. The lowest BCUT2D eigenvalue weighted by atomic mass is 9.98. The van der Waals surface area contributed by atoms with Gasteiger partial charge in [-0.15, -0.1) is 24.0 Å². The molecule has 0 unspecified atom stereocenters. The Morgan fingerprint density at radius 3 is 2.20 bits per heavy atom. The average molecular weight is 465 g/mol. The molecule has 2 N–H and O–H groups in total. The van der Waals surface area contributed by atoms with E-state index in [0.717, 1.165) is 19.0 Å². The molecular weight excluding hydrogens is 425 g/mol. The van der Waals surface area contributed by atoms with Crippen molar-refractivity contribution in [1.82, 2.24) is 20.4 Å². The summed E-state index contributed by atoms with van der Waals surface area (Å²) >= 11 is 0. The van der Waals surface area contributed by atoms with Gasteiger partial charge in [0.1, 0.15) is 0 Å². The molecule has 0 bridgehead atoms. The maximum Gasteiger partial charge on any atom is 0.191 e. The second-order valence-corrected chi connectivity index (χ2v) is 7.97. The fourth-order valence-electron chi connectivity index (χ4n) is 3.81. The number of nitrogens with one attached hydrogen (secondary N) is 2. The number of guanidine groups is 1. The fourth-order valence-corrected chi connectivity index (χ4v) is 3.81. The van der Waals surface area contributed by atoms with E-state index >= 15 is 0 Å². The highest BCUT2D eigenvalue weighted by Gasteiger charge is 2.27. The highest BCUT2D eigenvalue weighted by Crippen LogP contribution is 2.19. The molecule has 2 aliphatic heterocycles. The molecule has 2 heterocycles. The zero-order valence-corrected chi connectivity index (χ0v) is 19.0. The number of hydrogen-bond donors (Lipinski definition) is 2. The molecule has 0 atom stereocenters. The number of piperidine rings is 1. The molecule has 2 rings (SSSR count). The monoisotopic (exact) mass is 465 g/mol. The van der Waals surface area contributed by atoms with Crippen LogP contribution < -0.4 is 10.6 Å². The van der Waals surface area contributed by atoms with Crippen LogP contribution in [0, 0.1) is 0 Å². The van der Waals surface area contributed by atoms with Crippen LogP contribution in [0.2, 0.25) is 0 Å². The van der Waals surface area contributed by atoms with E-state index < -0.39 is 0 Å². The second kappa shape index (κ2) is 12.3. The first-order valence-electron chi connectivity index (χ1n) is 10.0. The molecule has 0 aromatic carbocycles. The fraction of sp³-hybridized carbons (Fsp3) is 0.947. The van der Waals surface area contributed by atoms with Crippen molar-refractivity contribution in [2.24, 2.45) is 4.99 Å². The molecular formula is C19H40IN5. The Labute approximate surface area is 172 Å². The molecule has 148 valence electrons. The Balaban J connectivity index is 0.00000312. The predicted octanol–water partition coefficient (Wildman–Crippen LogP) is 2.91. The van der Waals surface area contributed by atoms with Crippen LogP contribution in [0.3, 0.4) is 0 Å². The molecule has 0 amide bonds. The first kappa shape index (κ1) is 23.0. The highest BCUT2D eigenvalue weighted by atomic mass is 127. The van der Waals surface area contributed by atoms with E-state index in [2.05, 4.69) is 39.3 Å². The minimum absolute atomic E-state index is 0. The summed E-state index contributed by atoms with van der Waals surface area (Å²) in [6.45, 7) is 13.0. The summed E-state index contributed by atoms with van der Waals surface area (Å²) in [5.41, 5.74) is 0.188. The first-order valence-corrected chi connectivity index (χ1v) is 10.0. The maximum absolute atomic E-state index is 4.38. The smallest absolute Gasteiger partial charge is 0.191 e. The van der Waals surface area contributed by atoms with Gasteiger partial charge in [-0.3, -0.25) is 9.89 Å². The van der Waals surface area contributed by atoms with Gasteiger partial charge in [-0.1, -0.05) is 6.42 Å². The van der Waals surface area contributed by atoms with Crippen molar-refractivity contribution < 1.29 is 0 Å². The van der Waals surface area contributed by atoms with E-state index in [4.69, 9.17) is 0 Å². The van der Waals surface area contributed by atoms with E-state index in [1.54, 1.807) is 0 Å². The summed E-state index contributed by atoms with van der Waals surface area (Å²) in [7, 11) is 1.87. The van der Waals surface area contributed by atoms with Crippen molar-refractivity contribution in [2.45, 2.75) is 64.3 Å². The maximum atomic E-state index is 4.38. The Bertz CT molecular complexity index is 374. The zero-order chi connectivity index (χ0) is 17.3. The van der Waals surface area contributed by atoms with Crippen molar-refractivity contribution >= 4 is 29.9 Å². The van der Waals surface area contributed by atoms with Crippen LogP contribution in [0.25, 0.3) is 0 Å². The largest absolute Gasteiger partial charge is 0.356 e. The van der Waals surface area contributed by atoms with Crippen molar-refractivity contribution in [3.63, 3.8) is 0 Å². The number of aliphatic imine (C=N–C) groups is 1. The van der Waals surface area contributed by atoms with E-state index in [1.165, 1.54) is 77.7 Å². The van der Waals surface area contributed by atoms with E-state index in [1.807, 2.05) is 7.05 Å². The minimum atomic E-state index is 0. The van der Waals surface area contributed by atoms with Gasteiger partial charge in [-0.25, -0.2) is 0 Å². The van der Waals surface area contributed by atoms with Crippen molar-refractivity contribution in [3.8, 4) is 0 Å². The summed E-state index contributed by atoms with van der Waals surface area (Å²) < 4.78 is 0. The molecule has 2 fully saturated rings. The molecule has 0 aliphatic carbocycles. The quantitative estimate of drug-likeness (QED) is 0.251. The number of unbranched alkanes of at least 4 members (excludes halogenated alkanes) is 1. The summed E-state index contributed by atoms with van der Waals surface area (Å²) in [6, 6.07) is 0. The summed E-state index contributed by atoms with van der Waals surface area (Å²) in [5, 5.41) is 7.00. The van der Waals surface area contributed by atoms with Crippen molar-refractivity contribution in [1.29, 1.82) is 0 Å². The van der Waals surface area contributed by atoms with Gasteiger partial charge in [0.05, 0.1) is 0 Å². The molecule has 0 radical (unpaired) electrons. The molecule has 2 aliphatic rings. The number of hydrogen-bond acceptors (Lipinski definition) is 3. The van der Waals surface area contributed by atoms with Gasteiger partial charge in [0, 0.05) is 25.7 Å². The van der Waals surface area contributed by atoms with Crippen molar-refractivity contribution in [3.05, 3.63) is 0 Å². The summed E-state index contributed by atoms with van der Waals surface area (Å²) in [4.78, 5) is 9.59. The lowest BCUT2D eigenvalue weighted by molar-refractivity contribution is 0.0982. The third-order valence-electron chi connectivity index (χ3n) is 5.52. The molecule has 0 aromatic heterocycles. The minimum Gasteiger partial charge on any atom is -0.356 e. The van der Waals surface area contributed by atoms with Gasteiger partial charge in [0.25, 0.3) is 0 Å². The molecule has 5 nitrogen and oxygen atoms in total. The van der Waals surface area contributed by atoms with Gasteiger partial charge < -0.3 is 15.5 Å². The Kier molecular flexibility index (Phi) is 11.3. The third-order valence-corrected chi connectivity index (χ3v) is 5.52. The third kappa shape index (κ3) is 8.43. The Hall–Kier alpha value is -0.0800. The van der Waals surface area contributed by atoms with E-state index in [-0.39, 0.29) is 29.5 Å². The Morgan fingerprint density at radius 2 is 1.56 bits per heavy atom. The van der Waals surface area contributed by atoms with Crippen LogP contribution in [0.1, 0.15) is 58.8 Å². The van der Waals surface area contributed by atoms with E-state index in [0.29, 0.717) is 0 Å². The molecule has 2 saturated heterocycles. The predicted molar refractivity (Wildman–Crippen MR) is 119 cm³/mol. The number of halogens is 1. The molecule has 25 heavy (non-hydrogen) atoms. The second-order valence-electron chi connectivity index (χ2n) is 7.97. The van der Waals surface area contributed by atoms with Gasteiger partial charge in [-0.05, 0) is 85.1 Å². The number of likely N-dealkylation sites (tertiary alicyclic amines) is 2.